The van der Waals surface area contributed by atoms with E-state index < -0.39 is 5.54 Å². The molecule has 1 saturated carbocycles. The molecule has 15 heavy (non-hydrogen) atoms. The Hall–Kier alpha value is -0.570. The van der Waals surface area contributed by atoms with Gasteiger partial charge in [0.15, 0.2) is 0 Å². The maximum Gasteiger partial charge on any atom is 0.242 e. The third kappa shape index (κ3) is 2.03. The highest BCUT2D eigenvalue weighted by Gasteiger charge is 2.46. The average Bonchev–Trinajstić information content (AvgIpc) is 3.00. The molecule has 1 amide bonds. The molecule has 1 aliphatic heterocycles. The summed E-state index contributed by atoms with van der Waals surface area (Å²) < 4.78 is 0. The van der Waals surface area contributed by atoms with Gasteiger partial charge in [-0.3, -0.25) is 4.79 Å². The van der Waals surface area contributed by atoms with Gasteiger partial charge in [-0.15, -0.1) is 0 Å². The van der Waals surface area contributed by atoms with Crippen molar-refractivity contribution >= 4 is 5.91 Å². The molecule has 0 aromatic carbocycles. The van der Waals surface area contributed by atoms with Gasteiger partial charge in [0, 0.05) is 12.6 Å². The summed E-state index contributed by atoms with van der Waals surface area (Å²) in [6.45, 7) is 4.95. The van der Waals surface area contributed by atoms with Crippen molar-refractivity contribution in [2.24, 2.45) is 11.7 Å². The lowest BCUT2D eigenvalue weighted by atomic mass is 9.92. The summed E-state index contributed by atoms with van der Waals surface area (Å²) in [5.74, 6) is 0.608. The van der Waals surface area contributed by atoms with Crippen molar-refractivity contribution in [3.63, 3.8) is 0 Å². The van der Waals surface area contributed by atoms with Crippen LogP contribution < -0.4 is 5.73 Å². The zero-order valence-corrected chi connectivity index (χ0v) is 9.83. The second-order valence-corrected chi connectivity index (χ2v) is 5.40. The number of carbonyl (C=O) groups excluding carboxylic acids is 1. The maximum atomic E-state index is 12.3. The zero-order chi connectivity index (χ0) is 11.1. The van der Waals surface area contributed by atoms with E-state index in [2.05, 4.69) is 6.92 Å². The number of likely N-dealkylation sites (tertiary alicyclic amines) is 1. The predicted octanol–water partition coefficient (Wildman–Crippen LogP) is 1.51. The number of rotatable bonds is 2. The minimum atomic E-state index is -0.606. The molecule has 2 fully saturated rings. The van der Waals surface area contributed by atoms with Crippen LogP contribution in [0.2, 0.25) is 0 Å². The number of amides is 1. The molecule has 2 N–H and O–H groups in total. The first kappa shape index (κ1) is 10.9. The molecule has 3 heteroatoms. The monoisotopic (exact) mass is 210 g/mol. The number of hydrogen-bond donors (Lipinski definition) is 1. The summed E-state index contributed by atoms with van der Waals surface area (Å²) in [6, 6.07) is 0.382. The van der Waals surface area contributed by atoms with E-state index in [4.69, 9.17) is 5.73 Å². The summed E-state index contributed by atoms with van der Waals surface area (Å²) in [6.07, 6.45) is 5.76. The van der Waals surface area contributed by atoms with Crippen LogP contribution in [0.4, 0.5) is 0 Å². The number of nitrogens with two attached hydrogens (primary N) is 1. The van der Waals surface area contributed by atoms with Crippen LogP contribution in [0.1, 0.15) is 46.0 Å². The molecule has 0 aromatic heterocycles. The van der Waals surface area contributed by atoms with Crippen LogP contribution in [0.3, 0.4) is 0 Å². The van der Waals surface area contributed by atoms with Gasteiger partial charge in [-0.2, -0.15) is 0 Å². The Bertz CT molecular complexity index is 258. The van der Waals surface area contributed by atoms with Crippen LogP contribution in [0.25, 0.3) is 0 Å². The topological polar surface area (TPSA) is 46.3 Å². The Morgan fingerprint density at radius 1 is 1.33 bits per heavy atom. The second kappa shape index (κ2) is 3.78. The first-order valence-corrected chi connectivity index (χ1v) is 6.13. The van der Waals surface area contributed by atoms with Crippen LogP contribution in [-0.4, -0.2) is 28.9 Å². The van der Waals surface area contributed by atoms with E-state index in [-0.39, 0.29) is 5.91 Å². The SMILES string of the molecule is CC1CCCCN1C(=O)C(C)(N)C1CC1. The molecule has 1 aliphatic carbocycles. The summed E-state index contributed by atoms with van der Waals surface area (Å²) in [5, 5.41) is 0. The predicted molar refractivity (Wildman–Crippen MR) is 60.3 cm³/mol. The normalized spacial score (nSPS) is 31.1. The fourth-order valence-corrected chi connectivity index (χ4v) is 2.57. The van der Waals surface area contributed by atoms with Gasteiger partial charge in [0.2, 0.25) is 5.91 Å². The minimum Gasteiger partial charge on any atom is -0.338 e. The molecule has 3 nitrogen and oxygen atoms in total. The molecule has 0 spiro atoms. The summed E-state index contributed by atoms with van der Waals surface area (Å²) in [7, 11) is 0. The maximum absolute atomic E-state index is 12.3. The molecular formula is C12H22N2O. The lowest BCUT2D eigenvalue weighted by molar-refractivity contribution is -0.140. The fourth-order valence-electron chi connectivity index (χ4n) is 2.57. The highest BCUT2D eigenvalue weighted by molar-refractivity contribution is 5.86. The van der Waals surface area contributed by atoms with Gasteiger partial charge in [-0.05, 0) is 51.9 Å². The van der Waals surface area contributed by atoms with E-state index >= 15 is 0 Å². The summed E-state index contributed by atoms with van der Waals surface area (Å²) in [5.41, 5.74) is 5.56. The molecule has 2 unspecified atom stereocenters. The quantitative estimate of drug-likeness (QED) is 0.751. The van der Waals surface area contributed by atoms with Crippen molar-refractivity contribution in [1.29, 1.82) is 0 Å². The minimum absolute atomic E-state index is 0.178. The van der Waals surface area contributed by atoms with Gasteiger partial charge in [0.1, 0.15) is 0 Å². The Balaban J connectivity index is 2.05. The third-order valence-corrected chi connectivity index (χ3v) is 3.95. The van der Waals surface area contributed by atoms with Crippen molar-refractivity contribution in [1.82, 2.24) is 4.90 Å². The number of carbonyl (C=O) groups is 1. The Labute approximate surface area is 92.0 Å². The smallest absolute Gasteiger partial charge is 0.242 e. The zero-order valence-electron chi connectivity index (χ0n) is 9.83. The van der Waals surface area contributed by atoms with Crippen LogP contribution in [0.15, 0.2) is 0 Å². The van der Waals surface area contributed by atoms with Gasteiger partial charge >= 0.3 is 0 Å². The highest BCUT2D eigenvalue weighted by Crippen LogP contribution is 2.39. The van der Waals surface area contributed by atoms with Gasteiger partial charge < -0.3 is 10.6 Å². The largest absolute Gasteiger partial charge is 0.338 e. The van der Waals surface area contributed by atoms with Crippen molar-refractivity contribution in [3.8, 4) is 0 Å². The van der Waals surface area contributed by atoms with Crippen LogP contribution in [0, 0.1) is 5.92 Å². The van der Waals surface area contributed by atoms with Crippen LogP contribution in [-0.2, 0) is 4.79 Å². The van der Waals surface area contributed by atoms with E-state index in [1.807, 2.05) is 11.8 Å². The molecule has 1 heterocycles. The van der Waals surface area contributed by atoms with Crippen LogP contribution in [0.5, 0.6) is 0 Å². The highest BCUT2D eigenvalue weighted by atomic mass is 16.2. The van der Waals surface area contributed by atoms with Crippen molar-refractivity contribution in [2.75, 3.05) is 6.54 Å². The molecule has 2 aliphatic rings. The summed E-state index contributed by atoms with van der Waals surface area (Å²) in [4.78, 5) is 14.3. The molecule has 1 saturated heterocycles. The molecule has 86 valence electrons. The van der Waals surface area contributed by atoms with E-state index in [0.717, 1.165) is 32.2 Å². The molecule has 0 radical (unpaired) electrons. The number of nitrogens with zero attached hydrogens (tertiary/aromatic N) is 1. The molecular weight excluding hydrogens is 188 g/mol. The Morgan fingerprint density at radius 3 is 2.53 bits per heavy atom. The Kier molecular flexibility index (Phi) is 2.75. The lowest BCUT2D eigenvalue weighted by Gasteiger charge is -2.38. The average molecular weight is 210 g/mol. The van der Waals surface area contributed by atoms with Gasteiger partial charge in [-0.1, -0.05) is 0 Å². The van der Waals surface area contributed by atoms with E-state index in [0.29, 0.717) is 12.0 Å². The molecule has 0 bridgehead atoms. The fraction of sp³-hybridized carbons (Fsp3) is 0.917. The standard InChI is InChI=1S/C12H22N2O/c1-9-5-3-4-8-14(9)11(15)12(2,13)10-6-7-10/h9-10H,3-8,13H2,1-2H3. The van der Waals surface area contributed by atoms with Crippen molar-refractivity contribution < 1.29 is 4.79 Å². The van der Waals surface area contributed by atoms with Crippen molar-refractivity contribution in [2.45, 2.75) is 57.5 Å². The van der Waals surface area contributed by atoms with Gasteiger partial charge in [0.05, 0.1) is 5.54 Å². The summed E-state index contributed by atoms with van der Waals surface area (Å²) >= 11 is 0. The van der Waals surface area contributed by atoms with Gasteiger partial charge in [0.25, 0.3) is 0 Å². The Morgan fingerprint density at radius 2 is 2.00 bits per heavy atom. The van der Waals surface area contributed by atoms with E-state index in [1.54, 1.807) is 0 Å². The first-order valence-electron chi connectivity index (χ1n) is 6.13. The van der Waals surface area contributed by atoms with E-state index in [1.165, 1.54) is 6.42 Å². The number of piperidine rings is 1. The first-order chi connectivity index (χ1) is 7.03. The number of hydrogen-bond acceptors (Lipinski definition) is 2. The lowest BCUT2D eigenvalue weighted by Crippen LogP contribution is -2.58. The van der Waals surface area contributed by atoms with Gasteiger partial charge in [-0.25, -0.2) is 0 Å². The molecule has 2 atom stereocenters. The third-order valence-electron chi connectivity index (χ3n) is 3.95. The molecule has 2 rings (SSSR count). The van der Waals surface area contributed by atoms with Crippen LogP contribution >= 0.6 is 0 Å². The van der Waals surface area contributed by atoms with E-state index in [9.17, 15) is 4.79 Å². The molecule has 0 aromatic rings. The van der Waals surface area contributed by atoms with Crippen molar-refractivity contribution in [3.05, 3.63) is 0 Å². The second-order valence-electron chi connectivity index (χ2n) is 5.40.